The van der Waals surface area contributed by atoms with Crippen molar-refractivity contribution in [2.75, 3.05) is 6.54 Å². The van der Waals surface area contributed by atoms with Gasteiger partial charge in [0, 0.05) is 25.6 Å². The molecule has 2 rings (SSSR count). The molecule has 1 fully saturated rings. The van der Waals surface area contributed by atoms with Crippen molar-refractivity contribution in [3.8, 4) is 0 Å². The van der Waals surface area contributed by atoms with Crippen LogP contribution in [0.3, 0.4) is 0 Å². The van der Waals surface area contributed by atoms with Crippen molar-refractivity contribution in [2.24, 2.45) is 4.99 Å². The number of Topliss-reactive ketones (excluding diaryl/α,β-unsaturated/α-hetero) is 1. The van der Waals surface area contributed by atoms with E-state index in [1.807, 2.05) is 11.9 Å². The summed E-state index contributed by atoms with van der Waals surface area (Å²) in [5.74, 6) is 1.14. The van der Waals surface area contributed by atoms with E-state index in [4.69, 9.17) is 0 Å². The molecule has 2 aliphatic rings. The highest BCUT2D eigenvalue weighted by Gasteiger charge is 2.22. The van der Waals surface area contributed by atoms with Crippen LogP contribution in [0.2, 0.25) is 0 Å². The predicted molar refractivity (Wildman–Crippen MR) is 54.5 cm³/mol. The zero-order valence-corrected chi connectivity index (χ0v) is 8.42. The van der Waals surface area contributed by atoms with Crippen molar-refractivity contribution in [3.63, 3.8) is 0 Å². The molecular weight excluding hydrogens is 178 g/mol. The van der Waals surface area contributed by atoms with E-state index >= 15 is 0 Å². The second-order valence-electron chi connectivity index (χ2n) is 3.62. The third-order valence-corrected chi connectivity index (χ3v) is 2.46. The van der Waals surface area contributed by atoms with E-state index < -0.39 is 0 Å². The van der Waals surface area contributed by atoms with Gasteiger partial charge in [-0.2, -0.15) is 0 Å². The number of hydrogen-bond acceptors (Lipinski definition) is 4. The minimum Gasteiger partial charge on any atom is -0.302 e. The van der Waals surface area contributed by atoms with E-state index in [0.717, 1.165) is 31.6 Å². The second-order valence-corrected chi connectivity index (χ2v) is 3.62. The fraction of sp³-hybridized carbons (Fsp3) is 0.600. The van der Waals surface area contributed by atoms with Crippen LogP contribution in [0.4, 0.5) is 0 Å². The minimum absolute atomic E-state index is 0.138. The highest BCUT2D eigenvalue weighted by molar-refractivity contribution is 5.99. The maximum Gasteiger partial charge on any atom is 0.182 e. The van der Waals surface area contributed by atoms with E-state index in [0.29, 0.717) is 12.1 Å². The number of carbonyl (C=O) groups excluding carboxylic acids is 1. The Labute approximate surface area is 83.7 Å². The molecule has 1 saturated heterocycles. The molecule has 2 heterocycles. The molecule has 2 aliphatic heterocycles. The molecule has 0 spiro atoms. The van der Waals surface area contributed by atoms with Crippen molar-refractivity contribution in [3.05, 3.63) is 11.9 Å². The van der Waals surface area contributed by atoms with E-state index in [9.17, 15) is 4.79 Å². The van der Waals surface area contributed by atoms with E-state index in [1.54, 1.807) is 6.20 Å². The monoisotopic (exact) mass is 193 g/mol. The molecule has 0 atom stereocenters. The highest BCUT2D eigenvalue weighted by Crippen LogP contribution is 2.16. The van der Waals surface area contributed by atoms with Crippen LogP contribution in [0.5, 0.6) is 0 Å². The molecule has 0 aromatic rings. The van der Waals surface area contributed by atoms with Crippen LogP contribution in [0.25, 0.3) is 0 Å². The number of allylic oxidation sites excluding steroid dienone is 1. The average Bonchev–Trinajstić information content (AvgIpc) is 2.64. The number of nitrogens with one attached hydrogen (secondary N) is 1. The molecule has 76 valence electrons. The lowest BCUT2D eigenvalue weighted by Crippen LogP contribution is -2.38. The summed E-state index contributed by atoms with van der Waals surface area (Å²) < 4.78 is 0. The summed E-state index contributed by atoms with van der Waals surface area (Å²) in [6, 6.07) is 0. The summed E-state index contributed by atoms with van der Waals surface area (Å²) >= 11 is 0. The first-order chi connectivity index (χ1) is 6.81. The first kappa shape index (κ1) is 9.24. The zero-order valence-electron chi connectivity index (χ0n) is 8.42. The van der Waals surface area contributed by atoms with Gasteiger partial charge in [0.15, 0.2) is 5.78 Å². The van der Waals surface area contributed by atoms with Gasteiger partial charge in [0.25, 0.3) is 0 Å². The average molecular weight is 193 g/mol. The van der Waals surface area contributed by atoms with Gasteiger partial charge in [-0.15, -0.1) is 0 Å². The van der Waals surface area contributed by atoms with E-state index in [1.165, 1.54) is 0 Å². The van der Waals surface area contributed by atoms with Crippen LogP contribution < -0.4 is 5.43 Å². The SMILES string of the molecule is CCCC(=O)C1=CNN2CCCC2=N1. The van der Waals surface area contributed by atoms with Crippen LogP contribution in [0, 0.1) is 0 Å². The van der Waals surface area contributed by atoms with Gasteiger partial charge >= 0.3 is 0 Å². The molecule has 4 heteroatoms. The van der Waals surface area contributed by atoms with E-state index in [2.05, 4.69) is 10.4 Å². The van der Waals surface area contributed by atoms with Gasteiger partial charge in [0.05, 0.1) is 0 Å². The van der Waals surface area contributed by atoms with Crippen molar-refractivity contribution < 1.29 is 4.79 Å². The summed E-state index contributed by atoms with van der Waals surface area (Å²) in [5, 5.41) is 2.00. The molecule has 1 N–H and O–H groups in total. The van der Waals surface area contributed by atoms with E-state index in [-0.39, 0.29) is 5.78 Å². The summed E-state index contributed by atoms with van der Waals surface area (Å²) in [6.45, 7) is 2.99. The quantitative estimate of drug-likeness (QED) is 0.732. The van der Waals surface area contributed by atoms with Gasteiger partial charge < -0.3 is 5.43 Å². The normalized spacial score (nSPS) is 19.6. The van der Waals surface area contributed by atoms with Gasteiger partial charge in [-0.1, -0.05) is 6.92 Å². The maximum atomic E-state index is 11.6. The summed E-state index contributed by atoms with van der Waals surface area (Å²) in [5.41, 5.74) is 3.67. The topological polar surface area (TPSA) is 44.7 Å². The van der Waals surface area contributed by atoms with Crippen LogP contribution in [0.15, 0.2) is 16.9 Å². The number of rotatable bonds is 3. The Bertz CT molecular complexity index is 306. The number of hydrogen-bond donors (Lipinski definition) is 1. The molecule has 0 aromatic carbocycles. The standard InChI is InChI=1S/C10H15N3O/c1-2-4-9(14)8-7-11-13-6-3-5-10(13)12-8/h7,11H,2-6H2,1H3. The predicted octanol–water partition coefficient (Wildman–Crippen LogP) is 1.21. The number of carbonyl (C=O) groups is 1. The Hall–Kier alpha value is -1.32. The molecule has 0 aromatic heterocycles. The molecular formula is C10H15N3O. The van der Waals surface area contributed by atoms with Crippen molar-refractivity contribution in [1.82, 2.24) is 10.4 Å². The lowest BCUT2D eigenvalue weighted by Gasteiger charge is -2.22. The number of fused-ring (bicyclic) bond motifs is 1. The van der Waals surface area contributed by atoms with Crippen molar-refractivity contribution in [2.45, 2.75) is 32.6 Å². The van der Waals surface area contributed by atoms with Gasteiger partial charge in [0.2, 0.25) is 0 Å². The number of aliphatic imine (C=N–C) groups is 1. The Kier molecular flexibility index (Phi) is 2.52. The first-order valence-electron chi connectivity index (χ1n) is 5.16. The molecule has 0 bridgehead atoms. The van der Waals surface area contributed by atoms with Crippen molar-refractivity contribution >= 4 is 11.6 Å². The zero-order chi connectivity index (χ0) is 9.97. The van der Waals surface area contributed by atoms with Crippen molar-refractivity contribution in [1.29, 1.82) is 0 Å². The number of amidine groups is 1. The molecule has 0 aliphatic carbocycles. The number of ketones is 1. The van der Waals surface area contributed by atoms with Crippen LogP contribution in [0.1, 0.15) is 32.6 Å². The van der Waals surface area contributed by atoms with Crippen LogP contribution in [-0.4, -0.2) is 23.2 Å². The number of nitrogens with zero attached hydrogens (tertiary/aromatic N) is 2. The Morgan fingerprint density at radius 3 is 3.36 bits per heavy atom. The lowest BCUT2D eigenvalue weighted by molar-refractivity contribution is -0.115. The van der Waals surface area contributed by atoms with Gasteiger partial charge in [-0.05, 0) is 12.8 Å². The minimum atomic E-state index is 0.138. The first-order valence-corrected chi connectivity index (χ1v) is 5.16. The summed E-state index contributed by atoms with van der Waals surface area (Å²) in [4.78, 5) is 15.9. The molecule has 0 radical (unpaired) electrons. The molecule has 4 nitrogen and oxygen atoms in total. The van der Waals surface area contributed by atoms with Gasteiger partial charge in [-0.3, -0.25) is 9.80 Å². The molecule has 0 unspecified atom stereocenters. The van der Waals surface area contributed by atoms with Gasteiger partial charge in [-0.25, -0.2) is 4.99 Å². The molecule has 0 amide bonds. The number of hydrazine groups is 1. The largest absolute Gasteiger partial charge is 0.302 e. The van der Waals surface area contributed by atoms with Crippen LogP contribution in [-0.2, 0) is 4.79 Å². The Morgan fingerprint density at radius 1 is 1.71 bits per heavy atom. The third kappa shape index (κ3) is 1.64. The van der Waals surface area contributed by atoms with Gasteiger partial charge in [0.1, 0.15) is 11.5 Å². The second kappa shape index (κ2) is 3.82. The fourth-order valence-corrected chi connectivity index (χ4v) is 1.72. The Morgan fingerprint density at radius 2 is 2.57 bits per heavy atom. The fourth-order valence-electron chi connectivity index (χ4n) is 1.72. The lowest BCUT2D eigenvalue weighted by atomic mass is 10.2. The summed E-state index contributed by atoms with van der Waals surface area (Å²) in [6.07, 6.45) is 5.28. The molecule has 14 heavy (non-hydrogen) atoms. The Balaban J connectivity index is 2.08. The smallest absolute Gasteiger partial charge is 0.182 e. The highest BCUT2D eigenvalue weighted by atomic mass is 16.1. The maximum absolute atomic E-state index is 11.6. The third-order valence-electron chi connectivity index (χ3n) is 2.46. The molecule has 0 saturated carbocycles. The summed E-state index contributed by atoms with van der Waals surface area (Å²) in [7, 11) is 0. The van der Waals surface area contributed by atoms with Crippen LogP contribution >= 0.6 is 0 Å².